The highest BCUT2D eigenvalue weighted by Gasteiger charge is 2.25. The molecule has 110 valence electrons. The lowest BCUT2D eigenvalue weighted by Crippen LogP contribution is -2.37. The number of hydrogen-bond acceptors (Lipinski definition) is 3. The SMILES string of the molecule is CC(CCCN)C(=O)N[C@@H](C(=O)O)c1ccccc1Cl. The van der Waals surface area contributed by atoms with Gasteiger partial charge in [-0.1, -0.05) is 36.7 Å². The van der Waals surface area contributed by atoms with E-state index in [-0.39, 0.29) is 11.8 Å². The average molecular weight is 299 g/mol. The van der Waals surface area contributed by atoms with Crippen LogP contribution in [0, 0.1) is 5.92 Å². The average Bonchev–Trinajstić information content (AvgIpc) is 2.42. The number of carboxylic acids is 1. The second-order valence-electron chi connectivity index (χ2n) is 4.63. The molecule has 6 heteroatoms. The van der Waals surface area contributed by atoms with E-state index in [4.69, 9.17) is 17.3 Å². The predicted octanol–water partition coefficient (Wildman–Crippen LogP) is 1.96. The Labute approximate surface area is 123 Å². The van der Waals surface area contributed by atoms with Crippen molar-refractivity contribution in [2.75, 3.05) is 6.54 Å². The van der Waals surface area contributed by atoms with Gasteiger partial charge in [0, 0.05) is 16.5 Å². The van der Waals surface area contributed by atoms with Gasteiger partial charge >= 0.3 is 5.97 Å². The Bertz CT molecular complexity index is 479. The monoisotopic (exact) mass is 298 g/mol. The highest BCUT2D eigenvalue weighted by atomic mass is 35.5. The molecule has 0 fully saturated rings. The lowest BCUT2D eigenvalue weighted by Gasteiger charge is -2.19. The minimum atomic E-state index is -1.14. The summed E-state index contributed by atoms with van der Waals surface area (Å²) in [4.78, 5) is 23.3. The molecular weight excluding hydrogens is 280 g/mol. The van der Waals surface area contributed by atoms with Crippen LogP contribution in [0.1, 0.15) is 31.4 Å². The summed E-state index contributed by atoms with van der Waals surface area (Å²) in [5, 5.41) is 12.1. The van der Waals surface area contributed by atoms with Crippen molar-refractivity contribution >= 4 is 23.5 Å². The van der Waals surface area contributed by atoms with Crippen molar-refractivity contribution in [3.05, 3.63) is 34.9 Å². The van der Waals surface area contributed by atoms with Gasteiger partial charge in [-0.3, -0.25) is 4.79 Å². The maximum absolute atomic E-state index is 12.0. The third-order valence-corrected chi connectivity index (χ3v) is 3.38. The molecule has 0 bridgehead atoms. The van der Waals surface area contributed by atoms with Crippen LogP contribution in [-0.2, 0) is 9.59 Å². The van der Waals surface area contributed by atoms with E-state index in [1.807, 2.05) is 0 Å². The van der Waals surface area contributed by atoms with Crippen molar-refractivity contribution in [3.63, 3.8) is 0 Å². The number of hydrogen-bond donors (Lipinski definition) is 3. The molecular formula is C14H19ClN2O3. The molecule has 0 aliphatic carbocycles. The van der Waals surface area contributed by atoms with Gasteiger partial charge in [0.25, 0.3) is 0 Å². The van der Waals surface area contributed by atoms with Crippen LogP contribution in [-0.4, -0.2) is 23.5 Å². The lowest BCUT2D eigenvalue weighted by atomic mass is 10.0. The van der Waals surface area contributed by atoms with Crippen molar-refractivity contribution in [2.24, 2.45) is 11.7 Å². The Balaban J connectivity index is 2.81. The van der Waals surface area contributed by atoms with E-state index in [1.54, 1.807) is 31.2 Å². The summed E-state index contributed by atoms with van der Waals surface area (Å²) in [5.74, 6) is -1.74. The van der Waals surface area contributed by atoms with E-state index in [0.717, 1.165) is 6.42 Å². The number of nitrogens with two attached hydrogens (primary N) is 1. The zero-order valence-electron chi connectivity index (χ0n) is 11.3. The van der Waals surface area contributed by atoms with E-state index in [9.17, 15) is 14.7 Å². The molecule has 0 saturated carbocycles. The zero-order chi connectivity index (χ0) is 15.1. The fourth-order valence-corrected chi connectivity index (χ4v) is 2.07. The lowest BCUT2D eigenvalue weighted by molar-refractivity contribution is -0.142. The van der Waals surface area contributed by atoms with E-state index < -0.39 is 12.0 Å². The molecule has 0 heterocycles. The maximum Gasteiger partial charge on any atom is 0.330 e. The smallest absolute Gasteiger partial charge is 0.330 e. The molecule has 1 unspecified atom stereocenters. The van der Waals surface area contributed by atoms with Gasteiger partial charge in [-0.25, -0.2) is 4.79 Å². The molecule has 1 rings (SSSR count). The molecule has 20 heavy (non-hydrogen) atoms. The van der Waals surface area contributed by atoms with Gasteiger partial charge < -0.3 is 16.2 Å². The minimum absolute atomic E-state index is 0.289. The first-order valence-corrected chi connectivity index (χ1v) is 6.82. The van der Waals surface area contributed by atoms with Crippen molar-refractivity contribution in [1.29, 1.82) is 0 Å². The summed E-state index contributed by atoms with van der Waals surface area (Å²) in [6, 6.07) is 5.43. The molecule has 0 saturated heterocycles. The molecule has 0 spiro atoms. The van der Waals surface area contributed by atoms with E-state index >= 15 is 0 Å². The first-order chi connectivity index (χ1) is 9.47. The summed E-state index contributed by atoms with van der Waals surface area (Å²) in [6.07, 6.45) is 1.34. The van der Waals surface area contributed by atoms with Crippen LogP contribution in [0.15, 0.2) is 24.3 Å². The van der Waals surface area contributed by atoms with Crippen LogP contribution in [0.25, 0.3) is 0 Å². The summed E-state index contributed by atoms with van der Waals surface area (Å²) in [5.41, 5.74) is 5.77. The Kier molecular flexibility index (Phi) is 6.48. The molecule has 1 amide bonds. The number of nitrogens with one attached hydrogen (secondary N) is 1. The van der Waals surface area contributed by atoms with Gasteiger partial charge in [0.1, 0.15) is 0 Å². The molecule has 4 N–H and O–H groups in total. The number of amides is 1. The van der Waals surface area contributed by atoms with Gasteiger partial charge in [0.05, 0.1) is 0 Å². The van der Waals surface area contributed by atoms with Gasteiger partial charge in [-0.15, -0.1) is 0 Å². The first kappa shape index (κ1) is 16.5. The number of halogens is 1. The molecule has 1 aromatic carbocycles. The molecule has 0 aliphatic rings. The number of carbonyl (C=O) groups is 2. The van der Waals surface area contributed by atoms with Crippen LogP contribution in [0.5, 0.6) is 0 Å². The summed E-state index contributed by atoms with van der Waals surface area (Å²) in [6.45, 7) is 2.25. The van der Waals surface area contributed by atoms with Crippen LogP contribution >= 0.6 is 11.6 Å². The van der Waals surface area contributed by atoms with Gasteiger partial charge in [0.2, 0.25) is 5.91 Å². The number of carbonyl (C=O) groups excluding carboxylic acids is 1. The van der Waals surface area contributed by atoms with Crippen molar-refractivity contribution in [3.8, 4) is 0 Å². The van der Waals surface area contributed by atoms with Crippen LogP contribution < -0.4 is 11.1 Å². The van der Waals surface area contributed by atoms with Crippen molar-refractivity contribution in [1.82, 2.24) is 5.32 Å². The van der Waals surface area contributed by atoms with Crippen LogP contribution in [0.3, 0.4) is 0 Å². The fraction of sp³-hybridized carbons (Fsp3) is 0.429. The largest absolute Gasteiger partial charge is 0.479 e. The van der Waals surface area contributed by atoms with Crippen LogP contribution in [0.4, 0.5) is 0 Å². The predicted molar refractivity (Wildman–Crippen MR) is 77.4 cm³/mol. The van der Waals surface area contributed by atoms with E-state index in [0.29, 0.717) is 23.6 Å². The van der Waals surface area contributed by atoms with E-state index in [1.165, 1.54) is 0 Å². The topological polar surface area (TPSA) is 92.4 Å². The Hall–Kier alpha value is -1.59. The molecule has 5 nitrogen and oxygen atoms in total. The van der Waals surface area contributed by atoms with E-state index in [2.05, 4.69) is 5.32 Å². The Morgan fingerprint density at radius 3 is 2.60 bits per heavy atom. The molecule has 0 aromatic heterocycles. The summed E-state index contributed by atoms with van der Waals surface area (Å²) >= 11 is 5.98. The van der Waals surface area contributed by atoms with Gasteiger partial charge in [-0.2, -0.15) is 0 Å². The zero-order valence-corrected chi connectivity index (χ0v) is 12.1. The summed E-state index contributed by atoms with van der Waals surface area (Å²) < 4.78 is 0. The molecule has 0 aliphatic heterocycles. The number of aliphatic carboxylic acids is 1. The van der Waals surface area contributed by atoms with Crippen LogP contribution in [0.2, 0.25) is 5.02 Å². The maximum atomic E-state index is 12.0. The second-order valence-corrected chi connectivity index (χ2v) is 5.04. The molecule has 1 aromatic rings. The first-order valence-electron chi connectivity index (χ1n) is 6.45. The fourth-order valence-electron chi connectivity index (χ4n) is 1.82. The highest BCUT2D eigenvalue weighted by molar-refractivity contribution is 6.31. The van der Waals surface area contributed by atoms with Gasteiger partial charge in [0.15, 0.2) is 6.04 Å². The molecule has 0 radical (unpaired) electrons. The highest BCUT2D eigenvalue weighted by Crippen LogP contribution is 2.23. The number of rotatable bonds is 7. The minimum Gasteiger partial charge on any atom is -0.479 e. The Morgan fingerprint density at radius 2 is 2.05 bits per heavy atom. The van der Waals surface area contributed by atoms with Crippen molar-refractivity contribution < 1.29 is 14.7 Å². The standard InChI is InChI=1S/C14H19ClN2O3/c1-9(5-4-8-16)13(18)17-12(14(19)20)10-6-2-3-7-11(10)15/h2-3,6-7,9,12H,4-5,8,16H2,1H3,(H,17,18)(H,19,20)/t9?,12-/m1/s1. The normalized spacial score (nSPS) is 13.6. The number of benzene rings is 1. The third kappa shape index (κ3) is 4.51. The quantitative estimate of drug-likeness (QED) is 0.717. The number of carboxylic acid groups (broad SMARTS) is 1. The third-order valence-electron chi connectivity index (χ3n) is 3.04. The molecule has 2 atom stereocenters. The van der Waals surface area contributed by atoms with Crippen molar-refractivity contribution in [2.45, 2.75) is 25.8 Å². The summed E-state index contributed by atoms with van der Waals surface area (Å²) in [7, 11) is 0. The van der Waals surface area contributed by atoms with Gasteiger partial charge in [-0.05, 0) is 25.5 Å². The second kappa shape index (κ2) is 7.87. The Morgan fingerprint density at radius 1 is 1.40 bits per heavy atom.